The van der Waals surface area contributed by atoms with Gasteiger partial charge in [-0.2, -0.15) is 0 Å². The van der Waals surface area contributed by atoms with E-state index in [1.807, 2.05) is 42.5 Å². The topological polar surface area (TPSA) is 30.0 Å². The van der Waals surface area contributed by atoms with Gasteiger partial charge < -0.3 is 0 Å². The van der Waals surface area contributed by atoms with E-state index in [1.54, 1.807) is 29.7 Å². The number of aldehydes is 1. The summed E-state index contributed by atoms with van der Waals surface area (Å²) in [5.74, 6) is 6.24. The van der Waals surface area contributed by atoms with E-state index < -0.39 is 0 Å². The predicted molar refractivity (Wildman–Crippen MR) is 85.4 cm³/mol. The summed E-state index contributed by atoms with van der Waals surface area (Å²) >= 11 is 1.62. The van der Waals surface area contributed by atoms with Crippen molar-refractivity contribution < 1.29 is 4.79 Å². The Bertz CT molecular complexity index is 808. The van der Waals surface area contributed by atoms with Crippen molar-refractivity contribution in [2.24, 2.45) is 0 Å². The van der Waals surface area contributed by atoms with Crippen LogP contribution in [0.25, 0.3) is 10.6 Å². The molecule has 0 saturated carbocycles. The Balaban J connectivity index is 1.81. The fourth-order valence-electron chi connectivity index (χ4n) is 1.83. The monoisotopic (exact) mass is 289 g/mol. The van der Waals surface area contributed by atoms with Crippen LogP contribution in [0.1, 0.15) is 20.8 Å². The first-order valence-electron chi connectivity index (χ1n) is 6.44. The number of aromatic nitrogens is 1. The number of carbonyl (C=O) groups excluding carboxylic acids is 1. The van der Waals surface area contributed by atoms with Crippen molar-refractivity contribution in [2.45, 2.75) is 0 Å². The van der Waals surface area contributed by atoms with Gasteiger partial charge in [0, 0.05) is 17.3 Å². The molecule has 2 nitrogen and oxygen atoms in total. The van der Waals surface area contributed by atoms with Crippen molar-refractivity contribution in [2.75, 3.05) is 0 Å². The van der Waals surface area contributed by atoms with Gasteiger partial charge >= 0.3 is 0 Å². The molecule has 3 heteroatoms. The summed E-state index contributed by atoms with van der Waals surface area (Å²) in [6, 6.07) is 17.1. The van der Waals surface area contributed by atoms with Gasteiger partial charge in [0.25, 0.3) is 0 Å². The molecule has 2 aromatic heterocycles. The minimum atomic E-state index is 0.661. The van der Waals surface area contributed by atoms with E-state index in [0.29, 0.717) is 5.56 Å². The lowest BCUT2D eigenvalue weighted by Gasteiger charge is -1.92. The lowest BCUT2D eigenvalue weighted by molar-refractivity contribution is 0.112. The van der Waals surface area contributed by atoms with Crippen LogP contribution in [0.5, 0.6) is 0 Å². The maximum Gasteiger partial charge on any atom is 0.150 e. The lowest BCUT2D eigenvalue weighted by Crippen LogP contribution is -1.79. The van der Waals surface area contributed by atoms with Gasteiger partial charge in [0.05, 0.1) is 15.4 Å². The van der Waals surface area contributed by atoms with Crippen molar-refractivity contribution in [3.05, 3.63) is 76.8 Å². The van der Waals surface area contributed by atoms with Crippen LogP contribution in [-0.4, -0.2) is 11.3 Å². The van der Waals surface area contributed by atoms with Crippen LogP contribution in [0.2, 0.25) is 0 Å². The Morgan fingerprint density at radius 1 is 0.952 bits per heavy atom. The molecule has 0 spiro atoms. The zero-order valence-corrected chi connectivity index (χ0v) is 11.9. The molecule has 0 atom stereocenters. The summed E-state index contributed by atoms with van der Waals surface area (Å²) in [4.78, 5) is 17.0. The number of rotatable bonds is 2. The van der Waals surface area contributed by atoms with E-state index in [4.69, 9.17) is 0 Å². The highest BCUT2D eigenvalue weighted by Gasteiger charge is 2.01. The first-order valence-corrected chi connectivity index (χ1v) is 7.25. The quantitative estimate of drug-likeness (QED) is 0.527. The molecule has 0 radical (unpaired) electrons. The van der Waals surface area contributed by atoms with Crippen molar-refractivity contribution >= 4 is 17.6 Å². The molecular weight excluding hydrogens is 278 g/mol. The SMILES string of the molecule is O=Cc1ccc(C#Cc2ccc(-c3ccccn3)s2)cc1. The van der Waals surface area contributed by atoms with Gasteiger partial charge in [-0.1, -0.05) is 30.0 Å². The summed E-state index contributed by atoms with van der Waals surface area (Å²) in [6.07, 6.45) is 2.62. The Labute approximate surface area is 127 Å². The number of carbonyl (C=O) groups is 1. The van der Waals surface area contributed by atoms with E-state index in [1.165, 1.54) is 0 Å². The van der Waals surface area contributed by atoms with E-state index in [-0.39, 0.29) is 0 Å². The molecule has 0 saturated heterocycles. The molecule has 0 aliphatic rings. The van der Waals surface area contributed by atoms with Crippen LogP contribution in [-0.2, 0) is 0 Å². The van der Waals surface area contributed by atoms with Crippen LogP contribution in [0.15, 0.2) is 60.8 Å². The maximum absolute atomic E-state index is 10.6. The van der Waals surface area contributed by atoms with Crippen LogP contribution in [0, 0.1) is 11.8 Å². The second-order valence-corrected chi connectivity index (χ2v) is 5.45. The van der Waals surface area contributed by atoms with E-state index in [2.05, 4.69) is 16.8 Å². The van der Waals surface area contributed by atoms with Crippen molar-refractivity contribution in [1.29, 1.82) is 0 Å². The molecule has 3 rings (SSSR count). The third-order valence-corrected chi connectivity index (χ3v) is 3.92. The molecule has 0 bridgehead atoms. The fourth-order valence-corrected chi connectivity index (χ4v) is 2.67. The van der Waals surface area contributed by atoms with Crippen LogP contribution < -0.4 is 0 Å². The number of nitrogens with zero attached hydrogens (tertiary/aromatic N) is 1. The van der Waals surface area contributed by atoms with Gasteiger partial charge in [0.2, 0.25) is 0 Å². The Kier molecular flexibility index (Phi) is 3.90. The smallest absolute Gasteiger partial charge is 0.150 e. The molecule has 0 aliphatic heterocycles. The first-order chi connectivity index (χ1) is 10.3. The van der Waals surface area contributed by atoms with Gasteiger partial charge in [-0.3, -0.25) is 9.78 Å². The van der Waals surface area contributed by atoms with Crippen LogP contribution in [0.4, 0.5) is 0 Å². The van der Waals surface area contributed by atoms with E-state index in [9.17, 15) is 4.79 Å². The first kappa shape index (κ1) is 13.3. The van der Waals surface area contributed by atoms with Crippen molar-refractivity contribution in [3.8, 4) is 22.4 Å². The fraction of sp³-hybridized carbons (Fsp3) is 0. The summed E-state index contributed by atoms with van der Waals surface area (Å²) in [5.41, 5.74) is 2.52. The van der Waals surface area contributed by atoms with Gasteiger partial charge in [-0.25, -0.2) is 0 Å². The Morgan fingerprint density at radius 2 is 1.81 bits per heavy atom. The Morgan fingerprint density at radius 3 is 2.52 bits per heavy atom. The number of hydrogen-bond acceptors (Lipinski definition) is 3. The zero-order chi connectivity index (χ0) is 14.5. The van der Waals surface area contributed by atoms with Gasteiger partial charge in [0.1, 0.15) is 6.29 Å². The number of thiophene rings is 1. The molecule has 100 valence electrons. The molecular formula is C18H11NOS. The highest BCUT2D eigenvalue weighted by Crippen LogP contribution is 2.25. The minimum absolute atomic E-state index is 0.661. The van der Waals surface area contributed by atoms with Gasteiger partial charge in [-0.15, -0.1) is 11.3 Å². The highest BCUT2D eigenvalue weighted by atomic mass is 32.1. The number of pyridine rings is 1. The maximum atomic E-state index is 10.6. The molecule has 21 heavy (non-hydrogen) atoms. The van der Waals surface area contributed by atoms with E-state index >= 15 is 0 Å². The number of hydrogen-bond donors (Lipinski definition) is 0. The predicted octanol–water partition coefficient (Wildman–Crippen LogP) is 4.02. The van der Waals surface area contributed by atoms with E-state index in [0.717, 1.165) is 27.3 Å². The third kappa shape index (κ3) is 3.25. The second-order valence-electron chi connectivity index (χ2n) is 4.37. The summed E-state index contributed by atoms with van der Waals surface area (Å²) in [7, 11) is 0. The van der Waals surface area contributed by atoms with Gasteiger partial charge in [0.15, 0.2) is 0 Å². The molecule has 0 N–H and O–H groups in total. The number of benzene rings is 1. The van der Waals surface area contributed by atoms with Crippen molar-refractivity contribution in [3.63, 3.8) is 0 Å². The molecule has 0 amide bonds. The average Bonchev–Trinajstić information content (AvgIpc) is 3.03. The molecule has 1 aromatic carbocycles. The second kappa shape index (κ2) is 6.17. The molecule has 3 aromatic rings. The Hall–Kier alpha value is -2.70. The largest absolute Gasteiger partial charge is 0.298 e. The summed E-state index contributed by atoms with van der Waals surface area (Å²) in [5, 5.41) is 0. The highest BCUT2D eigenvalue weighted by molar-refractivity contribution is 7.16. The van der Waals surface area contributed by atoms with Crippen LogP contribution in [0.3, 0.4) is 0 Å². The zero-order valence-electron chi connectivity index (χ0n) is 11.1. The third-order valence-electron chi connectivity index (χ3n) is 2.90. The van der Waals surface area contributed by atoms with Gasteiger partial charge in [-0.05, 0) is 36.4 Å². The normalized spacial score (nSPS) is 9.71. The van der Waals surface area contributed by atoms with Crippen LogP contribution >= 0.6 is 11.3 Å². The molecule has 0 aliphatic carbocycles. The van der Waals surface area contributed by atoms with Crippen molar-refractivity contribution in [1.82, 2.24) is 4.98 Å². The molecule has 2 heterocycles. The minimum Gasteiger partial charge on any atom is -0.298 e. The molecule has 0 unspecified atom stereocenters. The lowest BCUT2D eigenvalue weighted by atomic mass is 10.1. The summed E-state index contributed by atoms with van der Waals surface area (Å²) in [6.45, 7) is 0. The molecule has 0 fully saturated rings. The summed E-state index contributed by atoms with van der Waals surface area (Å²) < 4.78 is 0. The average molecular weight is 289 g/mol. The standard InChI is InChI=1S/C18H11NOS/c20-13-15-6-4-14(5-7-15)8-9-16-10-11-18(21-16)17-3-1-2-12-19-17/h1-7,10-13H.